The zero-order valence-electron chi connectivity index (χ0n) is 5.02. The molecule has 0 saturated carbocycles. The predicted molar refractivity (Wildman–Crippen MR) is 35.3 cm³/mol. The molecule has 0 aromatic heterocycles. The van der Waals surface area contributed by atoms with E-state index in [2.05, 4.69) is 12.2 Å². The van der Waals surface area contributed by atoms with Crippen LogP contribution < -0.4 is 5.32 Å². The molecular formula is C5H11NOS. The normalized spacial score (nSPS) is 39.6. The van der Waals surface area contributed by atoms with Gasteiger partial charge in [-0.15, -0.1) is 0 Å². The standard InChI is InChI=1S/C5H11NOS/c1-5-4-8(7)3-2-6-5/h5-6H,2-4H2,1H3/t5-,8+/m1/s1. The lowest BCUT2D eigenvalue weighted by molar-refractivity contribution is 0.584. The van der Waals surface area contributed by atoms with Crippen molar-refractivity contribution in [3.8, 4) is 0 Å². The second-order valence-corrected chi connectivity index (χ2v) is 3.79. The van der Waals surface area contributed by atoms with Crippen LogP contribution in [0.3, 0.4) is 0 Å². The Kier molecular flexibility index (Phi) is 2.02. The van der Waals surface area contributed by atoms with Crippen molar-refractivity contribution in [3.05, 3.63) is 0 Å². The van der Waals surface area contributed by atoms with Crippen molar-refractivity contribution < 1.29 is 4.21 Å². The van der Waals surface area contributed by atoms with Gasteiger partial charge in [-0.05, 0) is 6.92 Å². The van der Waals surface area contributed by atoms with Crippen LogP contribution in [-0.2, 0) is 10.8 Å². The van der Waals surface area contributed by atoms with E-state index in [1.54, 1.807) is 0 Å². The fraction of sp³-hybridized carbons (Fsp3) is 1.00. The summed E-state index contributed by atoms with van der Waals surface area (Å²) in [6.45, 7) is 2.99. The van der Waals surface area contributed by atoms with Crippen molar-refractivity contribution in [1.29, 1.82) is 0 Å². The van der Waals surface area contributed by atoms with Crippen molar-refractivity contribution in [1.82, 2.24) is 5.32 Å². The second-order valence-electron chi connectivity index (χ2n) is 2.17. The van der Waals surface area contributed by atoms with Gasteiger partial charge >= 0.3 is 0 Å². The van der Waals surface area contributed by atoms with E-state index in [1.807, 2.05) is 0 Å². The highest BCUT2D eigenvalue weighted by Crippen LogP contribution is 1.93. The maximum absolute atomic E-state index is 10.7. The molecule has 1 fully saturated rings. The van der Waals surface area contributed by atoms with Gasteiger partial charge in [-0.1, -0.05) is 0 Å². The number of nitrogens with one attached hydrogen (secondary N) is 1. The molecule has 1 rings (SSSR count). The number of rotatable bonds is 0. The first kappa shape index (κ1) is 6.23. The van der Waals surface area contributed by atoms with E-state index in [0.717, 1.165) is 18.1 Å². The van der Waals surface area contributed by atoms with E-state index in [-0.39, 0.29) is 0 Å². The van der Waals surface area contributed by atoms with E-state index in [4.69, 9.17) is 0 Å². The van der Waals surface area contributed by atoms with Gasteiger partial charge in [0.2, 0.25) is 0 Å². The molecule has 1 aliphatic rings. The third kappa shape index (κ3) is 1.56. The molecular weight excluding hydrogens is 122 g/mol. The molecule has 1 N–H and O–H groups in total. The van der Waals surface area contributed by atoms with Crippen LogP contribution >= 0.6 is 0 Å². The summed E-state index contributed by atoms with van der Waals surface area (Å²) in [6, 6.07) is 0.463. The summed E-state index contributed by atoms with van der Waals surface area (Å²) < 4.78 is 10.7. The monoisotopic (exact) mass is 133 g/mol. The van der Waals surface area contributed by atoms with Crippen molar-refractivity contribution in [2.75, 3.05) is 18.1 Å². The maximum atomic E-state index is 10.7. The predicted octanol–water partition coefficient (Wildman–Crippen LogP) is -0.273. The van der Waals surface area contributed by atoms with Gasteiger partial charge in [0.25, 0.3) is 0 Å². The van der Waals surface area contributed by atoms with Gasteiger partial charge in [0.1, 0.15) is 0 Å². The van der Waals surface area contributed by atoms with Crippen LogP contribution in [0.1, 0.15) is 6.92 Å². The van der Waals surface area contributed by atoms with Crippen LogP contribution in [0.4, 0.5) is 0 Å². The maximum Gasteiger partial charge on any atom is 0.0386 e. The van der Waals surface area contributed by atoms with E-state index >= 15 is 0 Å². The van der Waals surface area contributed by atoms with Crippen LogP contribution in [0, 0.1) is 0 Å². The average Bonchev–Trinajstić information content (AvgIpc) is 1.64. The topological polar surface area (TPSA) is 29.1 Å². The van der Waals surface area contributed by atoms with Gasteiger partial charge in [-0.3, -0.25) is 4.21 Å². The fourth-order valence-electron chi connectivity index (χ4n) is 0.840. The zero-order chi connectivity index (χ0) is 5.98. The minimum Gasteiger partial charge on any atom is -0.312 e. The summed E-state index contributed by atoms with van der Waals surface area (Å²) in [5, 5.41) is 3.22. The van der Waals surface area contributed by atoms with Gasteiger partial charge in [0.05, 0.1) is 0 Å². The van der Waals surface area contributed by atoms with Crippen LogP contribution in [0.15, 0.2) is 0 Å². The van der Waals surface area contributed by atoms with E-state index in [0.29, 0.717) is 6.04 Å². The largest absolute Gasteiger partial charge is 0.312 e. The van der Waals surface area contributed by atoms with Gasteiger partial charge in [-0.2, -0.15) is 0 Å². The van der Waals surface area contributed by atoms with Crippen molar-refractivity contribution in [3.63, 3.8) is 0 Å². The number of hydrogen-bond acceptors (Lipinski definition) is 2. The molecule has 0 radical (unpaired) electrons. The van der Waals surface area contributed by atoms with Gasteiger partial charge < -0.3 is 5.32 Å². The molecule has 1 saturated heterocycles. The summed E-state index contributed by atoms with van der Waals surface area (Å²) in [5.41, 5.74) is 0. The average molecular weight is 133 g/mol. The van der Waals surface area contributed by atoms with E-state index in [1.165, 1.54) is 0 Å². The Bertz CT molecular complexity index is 105. The Labute approximate surface area is 52.1 Å². The molecule has 48 valence electrons. The van der Waals surface area contributed by atoms with Crippen LogP contribution in [0.5, 0.6) is 0 Å². The van der Waals surface area contributed by atoms with Crippen molar-refractivity contribution in [2.24, 2.45) is 0 Å². The smallest absolute Gasteiger partial charge is 0.0386 e. The molecule has 0 aliphatic carbocycles. The minimum atomic E-state index is -0.533. The Morgan fingerprint density at radius 2 is 2.50 bits per heavy atom. The first-order valence-corrected chi connectivity index (χ1v) is 4.36. The summed E-state index contributed by atoms with van der Waals surface area (Å²) in [5.74, 6) is 1.67. The van der Waals surface area contributed by atoms with E-state index in [9.17, 15) is 4.21 Å². The minimum absolute atomic E-state index is 0.463. The first-order chi connectivity index (χ1) is 3.79. The van der Waals surface area contributed by atoms with Crippen LogP contribution in [-0.4, -0.2) is 28.3 Å². The Morgan fingerprint density at radius 1 is 1.75 bits per heavy atom. The third-order valence-corrected chi connectivity index (χ3v) is 2.79. The molecule has 0 aromatic rings. The molecule has 0 bridgehead atoms. The second kappa shape index (κ2) is 2.60. The lowest BCUT2D eigenvalue weighted by Crippen LogP contribution is -2.40. The summed E-state index contributed by atoms with van der Waals surface area (Å²) in [6.07, 6.45) is 0. The molecule has 2 atom stereocenters. The highest BCUT2D eigenvalue weighted by atomic mass is 32.2. The molecule has 1 aliphatic heterocycles. The van der Waals surface area contributed by atoms with Gasteiger partial charge in [-0.25, -0.2) is 0 Å². The number of hydrogen-bond donors (Lipinski definition) is 1. The van der Waals surface area contributed by atoms with Crippen LogP contribution in [0.2, 0.25) is 0 Å². The summed E-state index contributed by atoms with van der Waals surface area (Å²) in [4.78, 5) is 0. The Morgan fingerprint density at radius 3 is 2.88 bits per heavy atom. The third-order valence-electron chi connectivity index (χ3n) is 1.26. The molecule has 8 heavy (non-hydrogen) atoms. The highest BCUT2D eigenvalue weighted by molar-refractivity contribution is 7.85. The SMILES string of the molecule is C[C@@H]1C[S@@](=O)CCN1. The zero-order valence-corrected chi connectivity index (χ0v) is 5.83. The highest BCUT2D eigenvalue weighted by Gasteiger charge is 2.11. The van der Waals surface area contributed by atoms with Gasteiger partial charge in [0.15, 0.2) is 0 Å². The Balaban J connectivity index is 2.34. The summed E-state index contributed by atoms with van der Waals surface area (Å²) >= 11 is 0. The molecule has 3 heteroatoms. The molecule has 1 heterocycles. The molecule has 0 amide bonds. The molecule has 0 unspecified atom stereocenters. The quantitative estimate of drug-likeness (QED) is 0.493. The lowest BCUT2D eigenvalue weighted by Gasteiger charge is -2.18. The van der Waals surface area contributed by atoms with E-state index < -0.39 is 10.8 Å². The van der Waals surface area contributed by atoms with Crippen molar-refractivity contribution in [2.45, 2.75) is 13.0 Å². The van der Waals surface area contributed by atoms with Crippen molar-refractivity contribution >= 4 is 10.8 Å². The molecule has 0 spiro atoms. The lowest BCUT2D eigenvalue weighted by atomic mass is 10.4. The fourth-order valence-corrected chi connectivity index (χ4v) is 2.03. The van der Waals surface area contributed by atoms with Crippen LogP contribution in [0.25, 0.3) is 0 Å². The Hall–Kier alpha value is 0.110. The first-order valence-electron chi connectivity index (χ1n) is 2.87. The molecule has 2 nitrogen and oxygen atoms in total. The summed E-state index contributed by atoms with van der Waals surface area (Å²) in [7, 11) is -0.533. The molecule has 0 aromatic carbocycles. The van der Waals surface area contributed by atoms with Gasteiger partial charge in [0, 0.05) is 34.9 Å².